The number of ether oxygens (including phenoxy) is 1. The molecule has 0 saturated heterocycles. The number of allylic oxidation sites excluding steroid dienone is 1. The summed E-state index contributed by atoms with van der Waals surface area (Å²) < 4.78 is 5.43. The van der Waals surface area contributed by atoms with Gasteiger partial charge in [-0.1, -0.05) is 48.6 Å². The maximum atomic E-state index is 13.1. The number of rotatable bonds is 4. The average Bonchev–Trinajstić information content (AvgIpc) is 2.73. The summed E-state index contributed by atoms with van der Waals surface area (Å²) in [5.41, 5.74) is 8.54. The number of primary amides is 1. The van der Waals surface area contributed by atoms with Crippen LogP contribution in [0.3, 0.4) is 0 Å². The molecule has 1 aliphatic carbocycles. The van der Waals surface area contributed by atoms with Gasteiger partial charge in [-0.15, -0.1) is 0 Å². The van der Waals surface area contributed by atoms with Crippen molar-refractivity contribution in [3.63, 3.8) is 0 Å². The number of hydrogen-bond acceptors (Lipinski definition) is 3. The highest BCUT2D eigenvalue weighted by atomic mass is 16.5. The van der Waals surface area contributed by atoms with Gasteiger partial charge in [-0.3, -0.25) is 9.59 Å². The van der Waals surface area contributed by atoms with Crippen LogP contribution in [-0.4, -0.2) is 31.1 Å². The van der Waals surface area contributed by atoms with Gasteiger partial charge in [0.2, 0.25) is 5.91 Å². The molecule has 0 bridgehead atoms. The van der Waals surface area contributed by atoms with E-state index in [0.29, 0.717) is 31.6 Å². The van der Waals surface area contributed by atoms with Gasteiger partial charge in [-0.2, -0.15) is 0 Å². The lowest BCUT2D eigenvalue weighted by Crippen LogP contribution is -2.46. The second kappa shape index (κ2) is 7.98. The second-order valence-corrected chi connectivity index (χ2v) is 7.29. The van der Waals surface area contributed by atoms with Crippen molar-refractivity contribution in [2.75, 3.05) is 13.2 Å². The Labute approximate surface area is 164 Å². The first kappa shape index (κ1) is 18.4. The predicted octanol–water partition coefficient (Wildman–Crippen LogP) is 3.19. The summed E-state index contributed by atoms with van der Waals surface area (Å²) in [5.74, 6) is -0.913. The van der Waals surface area contributed by atoms with Crippen LogP contribution >= 0.6 is 0 Å². The lowest BCUT2D eigenvalue weighted by molar-refractivity contribution is -0.122. The molecule has 0 radical (unpaired) electrons. The van der Waals surface area contributed by atoms with Crippen molar-refractivity contribution in [3.8, 4) is 0 Å². The standard InChI is InChI=1S/C23H24N2O3/c24-22(26)20-5-1-2-10-21(20)25-23(27)19-9-4-7-17-16(6-3-8-18(17)19)15-11-13-28-14-12-15/h1-4,6-9,11,20-21H,5,10,12-14H2,(H2,24,26)(H,25,27)/t20-,21-/m1/s1. The molecule has 0 spiro atoms. The minimum atomic E-state index is -0.374. The van der Waals surface area contributed by atoms with Gasteiger partial charge in [0.05, 0.1) is 19.1 Å². The fourth-order valence-electron chi connectivity index (χ4n) is 4.09. The van der Waals surface area contributed by atoms with Crippen molar-refractivity contribution >= 4 is 28.2 Å². The van der Waals surface area contributed by atoms with Gasteiger partial charge in [0.15, 0.2) is 0 Å². The van der Waals surface area contributed by atoms with Gasteiger partial charge in [0, 0.05) is 11.6 Å². The lowest BCUT2D eigenvalue weighted by Gasteiger charge is -2.27. The number of nitrogens with one attached hydrogen (secondary N) is 1. The summed E-state index contributed by atoms with van der Waals surface area (Å²) in [6.07, 6.45) is 8.09. The fraction of sp³-hybridized carbons (Fsp3) is 0.304. The van der Waals surface area contributed by atoms with Crippen LogP contribution < -0.4 is 11.1 Å². The Morgan fingerprint density at radius 3 is 2.61 bits per heavy atom. The normalized spacial score (nSPS) is 21.9. The number of carbonyl (C=O) groups excluding carboxylic acids is 2. The van der Waals surface area contributed by atoms with Gasteiger partial charge in [-0.05, 0) is 47.2 Å². The van der Waals surface area contributed by atoms with E-state index in [0.717, 1.165) is 22.8 Å². The summed E-state index contributed by atoms with van der Waals surface area (Å²) in [4.78, 5) is 24.8. The third-order valence-electron chi connectivity index (χ3n) is 5.59. The van der Waals surface area contributed by atoms with E-state index in [4.69, 9.17) is 10.5 Å². The molecular weight excluding hydrogens is 352 g/mol. The van der Waals surface area contributed by atoms with Crippen molar-refractivity contribution in [3.05, 3.63) is 65.8 Å². The van der Waals surface area contributed by atoms with Crippen LogP contribution in [0.5, 0.6) is 0 Å². The minimum absolute atomic E-state index is 0.171. The molecule has 5 nitrogen and oxygen atoms in total. The molecule has 3 N–H and O–H groups in total. The molecule has 1 heterocycles. The SMILES string of the molecule is NC(=O)[C@@H]1CC=CC[C@H]1NC(=O)c1cccc2c(C3=CCOCC3)cccc12. The highest BCUT2D eigenvalue weighted by Crippen LogP contribution is 2.30. The van der Waals surface area contributed by atoms with Crippen LogP contribution in [0.4, 0.5) is 0 Å². The quantitative estimate of drug-likeness (QED) is 0.804. The highest BCUT2D eigenvalue weighted by Gasteiger charge is 2.29. The molecule has 0 saturated carbocycles. The number of amides is 2. The van der Waals surface area contributed by atoms with E-state index in [9.17, 15) is 9.59 Å². The minimum Gasteiger partial charge on any atom is -0.377 e. The molecule has 4 rings (SSSR count). The van der Waals surface area contributed by atoms with E-state index in [1.54, 1.807) is 0 Å². The van der Waals surface area contributed by atoms with Crippen LogP contribution in [0, 0.1) is 5.92 Å². The van der Waals surface area contributed by atoms with Gasteiger partial charge < -0.3 is 15.8 Å². The van der Waals surface area contributed by atoms with Crippen molar-refractivity contribution < 1.29 is 14.3 Å². The van der Waals surface area contributed by atoms with Crippen molar-refractivity contribution in [1.29, 1.82) is 0 Å². The third-order valence-corrected chi connectivity index (χ3v) is 5.59. The van der Waals surface area contributed by atoms with Crippen molar-refractivity contribution in [2.24, 2.45) is 11.7 Å². The Kier molecular flexibility index (Phi) is 5.26. The predicted molar refractivity (Wildman–Crippen MR) is 110 cm³/mol. The zero-order valence-corrected chi connectivity index (χ0v) is 15.7. The first-order valence-corrected chi connectivity index (χ1v) is 9.69. The van der Waals surface area contributed by atoms with Gasteiger partial charge in [-0.25, -0.2) is 0 Å². The van der Waals surface area contributed by atoms with Gasteiger partial charge >= 0.3 is 0 Å². The summed E-state index contributed by atoms with van der Waals surface area (Å²) >= 11 is 0. The van der Waals surface area contributed by atoms with Crippen LogP contribution in [0.2, 0.25) is 0 Å². The smallest absolute Gasteiger partial charge is 0.252 e. The molecule has 1 aliphatic heterocycles. The summed E-state index contributed by atoms with van der Waals surface area (Å²) in [7, 11) is 0. The molecule has 0 unspecified atom stereocenters. The summed E-state index contributed by atoms with van der Waals surface area (Å²) in [6, 6.07) is 11.6. The average molecular weight is 376 g/mol. The van der Waals surface area contributed by atoms with E-state index in [1.807, 2.05) is 42.5 Å². The zero-order chi connectivity index (χ0) is 19.5. The second-order valence-electron chi connectivity index (χ2n) is 7.29. The van der Waals surface area contributed by atoms with E-state index in [-0.39, 0.29) is 23.8 Å². The van der Waals surface area contributed by atoms with Gasteiger partial charge in [0.25, 0.3) is 5.91 Å². The number of hydrogen-bond donors (Lipinski definition) is 2. The summed E-state index contributed by atoms with van der Waals surface area (Å²) in [5, 5.41) is 5.00. The van der Waals surface area contributed by atoms with Crippen molar-refractivity contribution in [1.82, 2.24) is 5.32 Å². The Bertz CT molecular complexity index is 977. The molecule has 144 valence electrons. The topological polar surface area (TPSA) is 81.4 Å². The van der Waals surface area contributed by atoms with Crippen LogP contribution in [0.1, 0.15) is 35.2 Å². The maximum Gasteiger partial charge on any atom is 0.252 e. The molecule has 0 fully saturated rings. The fourth-order valence-corrected chi connectivity index (χ4v) is 4.09. The lowest BCUT2D eigenvalue weighted by atomic mass is 9.88. The molecule has 2 amide bonds. The van der Waals surface area contributed by atoms with Crippen molar-refractivity contribution in [2.45, 2.75) is 25.3 Å². The molecule has 0 aromatic heterocycles. The first-order valence-electron chi connectivity index (χ1n) is 9.69. The Balaban J connectivity index is 1.67. The Morgan fingerprint density at radius 1 is 1.04 bits per heavy atom. The third kappa shape index (κ3) is 3.58. The number of nitrogens with two attached hydrogens (primary N) is 1. The van der Waals surface area contributed by atoms with Crippen LogP contribution in [-0.2, 0) is 9.53 Å². The van der Waals surface area contributed by atoms with Gasteiger partial charge in [0.1, 0.15) is 0 Å². The molecule has 28 heavy (non-hydrogen) atoms. The number of fused-ring (bicyclic) bond motifs is 1. The first-order chi connectivity index (χ1) is 13.6. The molecule has 2 aromatic rings. The van der Waals surface area contributed by atoms with E-state index >= 15 is 0 Å². The monoisotopic (exact) mass is 376 g/mol. The zero-order valence-electron chi connectivity index (χ0n) is 15.7. The molecular formula is C23H24N2O3. The van der Waals surface area contributed by atoms with E-state index in [2.05, 4.69) is 17.5 Å². The Morgan fingerprint density at radius 2 is 1.82 bits per heavy atom. The number of benzene rings is 2. The van der Waals surface area contributed by atoms with Crippen LogP contribution in [0.15, 0.2) is 54.6 Å². The molecule has 5 heteroatoms. The Hall–Kier alpha value is -2.92. The summed E-state index contributed by atoms with van der Waals surface area (Å²) in [6.45, 7) is 1.34. The molecule has 2 aromatic carbocycles. The largest absolute Gasteiger partial charge is 0.377 e. The van der Waals surface area contributed by atoms with E-state index in [1.165, 1.54) is 5.57 Å². The number of carbonyl (C=O) groups is 2. The maximum absolute atomic E-state index is 13.1. The molecule has 2 aliphatic rings. The van der Waals surface area contributed by atoms with E-state index < -0.39 is 0 Å². The highest BCUT2D eigenvalue weighted by molar-refractivity contribution is 6.09. The van der Waals surface area contributed by atoms with Crippen LogP contribution in [0.25, 0.3) is 16.3 Å². The molecule has 2 atom stereocenters.